The molecular formula is C16H23N3O2. The fourth-order valence-electron chi connectivity index (χ4n) is 2.50. The number of carbonyl (C=O) groups excluding carboxylic acids is 1. The van der Waals surface area contributed by atoms with Crippen molar-refractivity contribution in [3.8, 4) is 0 Å². The first kappa shape index (κ1) is 15.4. The van der Waals surface area contributed by atoms with Crippen LogP contribution >= 0.6 is 0 Å². The summed E-state index contributed by atoms with van der Waals surface area (Å²) in [6.45, 7) is 7.91. The molecule has 0 bridgehead atoms. The van der Waals surface area contributed by atoms with Gasteiger partial charge in [0.1, 0.15) is 6.54 Å². The number of amides is 1. The molecule has 0 aliphatic carbocycles. The Labute approximate surface area is 125 Å². The summed E-state index contributed by atoms with van der Waals surface area (Å²) >= 11 is 0. The second-order valence-electron chi connectivity index (χ2n) is 6.50. The van der Waals surface area contributed by atoms with Gasteiger partial charge in [-0.2, -0.15) is 0 Å². The van der Waals surface area contributed by atoms with Crippen LogP contribution in [-0.4, -0.2) is 28.5 Å². The van der Waals surface area contributed by atoms with Crippen LogP contribution < -0.4 is 11.3 Å². The maximum Gasteiger partial charge on any atom is 0.251 e. The van der Waals surface area contributed by atoms with Crippen molar-refractivity contribution in [2.75, 3.05) is 18.8 Å². The van der Waals surface area contributed by atoms with Crippen LogP contribution in [0.15, 0.2) is 34.8 Å². The Bertz CT molecular complexity index is 623. The van der Waals surface area contributed by atoms with Gasteiger partial charge in [0.2, 0.25) is 5.91 Å². The molecule has 0 saturated heterocycles. The van der Waals surface area contributed by atoms with Gasteiger partial charge in [-0.3, -0.25) is 9.59 Å². The molecule has 5 heteroatoms. The average Bonchev–Trinajstić information content (AvgIpc) is 2.42. The van der Waals surface area contributed by atoms with Crippen LogP contribution in [-0.2, 0) is 11.3 Å². The number of nitrogens with zero attached hydrogens (tertiary/aromatic N) is 2. The van der Waals surface area contributed by atoms with Crippen LogP contribution in [0.25, 0.3) is 0 Å². The summed E-state index contributed by atoms with van der Waals surface area (Å²) in [5.74, 6) is -0.0492. The third-order valence-electron chi connectivity index (χ3n) is 3.84. The van der Waals surface area contributed by atoms with Crippen LogP contribution in [0, 0.1) is 5.41 Å². The van der Waals surface area contributed by atoms with Gasteiger partial charge in [0.25, 0.3) is 5.56 Å². The van der Waals surface area contributed by atoms with Crippen molar-refractivity contribution >= 4 is 11.6 Å². The first-order valence-electron chi connectivity index (χ1n) is 7.20. The summed E-state index contributed by atoms with van der Waals surface area (Å²) in [5, 5.41) is 0. The molecule has 2 N–H and O–H groups in total. The molecule has 0 fully saturated rings. The molecule has 0 spiro atoms. The van der Waals surface area contributed by atoms with Gasteiger partial charge in [0.15, 0.2) is 0 Å². The molecule has 0 atom stereocenters. The van der Waals surface area contributed by atoms with Crippen molar-refractivity contribution in [1.82, 2.24) is 9.47 Å². The molecule has 0 aromatic carbocycles. The predicted molar refractivity (Wildman–Crippen MR) is 83.8 cm³/mol. The van der Waals surface area contributed by atoms with E-state index in [9.17, 15) is 9.59 Å². The standard InChI is InChI=1S/C16H23N3O2/c1-16(2,3)12-6-8-18(9-7-12)15(21)11-19-10-13(17)4-5-14(19)20/h4-6,10H,7-9,11,17H2,1-3H3. The van der Waals surface area contributed by atoms with Gasteiger partial charge in [-0.1, -0.05) is 32.4 Å². The molecule has 0 radical (unpaired) electrons. The minimum atomic E-state index is -0.208. The van der Waals surface area contributed by atoms with E-state index in [1.54, 1.807) is 11.0 Å². The van der Waals surface area contributed by atoms with E-state index in [4.69, 9.17) is 5.73 Å². The minimum Gasteiger partial charge on any atom is -0.398 e. The van der Waals surface area contributed by atoms with E-state index >= 15 is 0 Å². The summed E-state index contributed by atoms with van der Waals surface area (Å²) in [6.07, 6.45) is 4.53. The third kappa shape index (κ3) is 3.74. The zero-order chi connectivity index (χ0) is 15.6. The Kier molecular flexibility index (Phi) is 4.21. The fourth-order valence-corrected chi connectivity index (χ4v) is 2.50. The van der Waals surface area contributed by atoms with Gasteiger partial charge in [-0.15, -0.1) is 0 Å². The van der Waals surface area contributed by atoms with Crippen molar-refractivity contribution in [2.45, 2.75) is 33.7 Å². The minimum absolute atomic E-state index is 0.0442. The van der Waals surface area contributed by atoms with Gasteiger partial charge in [-0.05, 0) is 17.9 Å². The lowest BCUT2D eigenvalue weighted by Gasteiger charge is -2.32. The van der Waals surface area contributed by atoms with Crippen LogP contribution in [0.4, 0.5) is 5.69 Å². The summed E-state index contributed by atoms with van der Waals surface area (Å²) in [4.78, 5) is 25.8. The molecule has 2 rings (SSSR count). The maximum absolute atomic E-state index is 12.3. The maximum atomic E-state index is 12.3. The molecule has 114 valence electrons. The van der Waals surface area contributed by atoms with Crippen molar-refractivity contribution in [2.24, 2.45) is 5.41 Å². The monoisotopic (exact) mass is 289 g/mol. The predicted octanol–water partition coefficient (Wildman–Crippen LogP) is 1.64. The van der Waals surface area contributed by atoms with Crippen LogP contribution in [0.3, 0.4) is 0 Å². The Balaban J connectivity index is 2.04. The van der Waals surface area contributed by atoms with Gasteiger partial charge >= 0.3 is 0 Å². The number of anilines is 1. The molecule has 1 amide bonds. The van der Waals surface area contributed by atoms with Crippen molar-refractivity contribution in [3.63, 3.8) is 0 Å². The number of nitrogens with two attached hydrogens (primary N) is 1. The molecule has 21 heavy (non-hydrogen) atoms. The molecule has 0 saturated carbocycles. The number of hydrogen-bond acceptors (Lipinski definition) is 3. The molecule has 0 unspecified atom stereocenters. The summed E-state index contributed by atoms with van der Waals surface area (Å²) in [6, 6.07) is 2.93. The van der Waals surface area contributed by atoms with Gasteiger partial charge in [-0.25, -0.2) is 0 Å². The normalized spacial score (nSPS) is 15.8. The van der Waals surface area contributed by atoms with E-state index in [-0.39, 0.29) is 23.4 Å². The zero-order valence-electron chi connectivity index (χ0n) is 12.9. The SMILES string of the molecule is CC(C)(C)C1=CCN(C(=O)Cn2cc(N)ccc2=O)CC1. The topological polar surface area (TPSA) is 68.3 Å². The highest BCUT2D eigenvalue weighted by Crippen LogP contribution is 2.30. The van der Waals surface area contributed by atoms with Crippen molar-refractivity contribution < 1.29 is 4.79 Å². The highest BCUT2D eigenvalue weighted by atomic mass is 16.2. The third-order valence-corrected chi connectivity index (χ3v) is 3.84. The number of aromatic nitrogens is 1. The number of hydrogen-bond donors (Lipinski definition) is 1. The first-order valence-corrected chi connectivity index (χ1v) is 7.20. The van der Waals surface area contributed by atoms with Crippen LogP contribution in [0.1, 0.15) is 27.2 Å². The van der Waals surface area contributed by atoms with Crippen molar-refractivity contribution in [3.05, 3.63) is 40.3 Å². The highest BCUT2D eigenvalue weighted by Gasteiger charge is 2.23. The molecule has 2 heterocycles. The number of rotatable bonds is 2. The van der Waals surface area contributed by atoms with E-state index in [1.165, 1.54) is 22.4 Å². The van der Waals surface area contributed by atoms with Gasteiger partial charge in [0, 0.05) is 31.0 Å². The van der Waals surface area contributed by atoms with Crippen LogP contribution in [0.5, 0.6) is 0 Å². The van der Waals surface area contributed by atoms with Gasteiger partial charge < -0.3 is 15.2 Å². The van der Waals surface area contributed by atoms with E-state index in [1.807, 2.05) is 0 Å². The quantitative estimate of drug-likeness (QED) is 0.841. The molecule has 1 aliphatic heterocycles. The summed E-state index contributed by atoms with van der Waals surface area (Å²) < 4.78 is 1.36. The second-order valence-corrected chi connectivity index (χ2v) is 6.50. The Hall–Kier alpha value is -2.04. The Morgan fingerprint density at radius 3 is 2.62 bits per heavy atom. The summed E-state index contributed by atoms with van der Waals surface area (Å²) in [7, 11) is 0. The average molecular weight is 289 g/mol. The lowest BCUT2D eigenvalue weighted by atomic mass is 9.83. The first-order chi connectivity index (χ1) is 9.77. The van der Waals surface area contributed by atoms with E-state index in [0.29, 0.717) is 18.8 Å². The number of carbonyl (C=O) groups is 1. The van der Waals surface area contributed by atoms with Gasteiger partial charge in [0.05, 0.1) is 0 Å². The fraction of sp³-hybridized carbons (Fsp3) is 0.500. The lowest BCUT2D eigenvalue weighted by Crippen LogP contribution is -2.39. The highest BCUT2D eigenvalue weighted by molar-refractivity contribution is 5.76. The smallest absolute Gasteiger partial charge is 0.251 e. The van der Waals surface area contributed by atoms with Crippen molar-refractivity contribution in [1.29, 1.82) is 0 Å². The zero-order valence-corrected chi connectivity index (χ0v) is 12.9. The summed E-state index contributed by atoms with van der Waals surface area (Å²) in [5.41, 5.74) is 7.46. The molecular weight excluding hydrogens is 266 g/mol. The van der Waals surface area contributed by atoms with E-state index in [0.717, 1.165) is 6.42 Å². The molecule has 1 aromatic heterocycles. The Morgan fingerprint density at radius 1 is 1.33 bits per heavy atom. The largest absolute Gasteiger partial charge is 0.398 e. The Morgan fingerprint density at radius 2 is 2.05 bits per heavy atom. The van der Waals surface area contributed by atoms with E-state index in [2.05, 4.69) is 26.8 Å². The number of pyridine rings is 1. The molecule has 5 nitrogen and oxygen atoms in total. The van der Waals surface area contributed by atoms with E-state index < -0.39 is 0 Å². The molecule has 1 aliphatic rings. The number of nitrogen functional groups attached to an aromatic ring is 1. The van der Waals surface area contributed by atoms with Crippen LogP contribution in [0.2, 0.25) is 0 Å². The second kappa shape index (κ2) is 5.76. The molecule has 1 aromatic rings. The lowest BCUT2D eigenvalue weighted by molar-refractivity contribution is -0.131.